The lowest BCUT2D eigenvalue weighted by atomic mass is 9.64. The maximum atomic E-state index is 10.9. The van der Waals surface area contributed by atoms with Crippen LogP contribution in [0.3, 0.4) is 0 Å². The SMILES string of the molecule is CC(=O)/C=C/CC(C)/C=C/[C@H]1[C@H](C)CCCC1(C)C. The van der Waals surface area contributed by atoms with Crippen LogP contribution in [-0.2, 0) is 4.79 Å². The highest BCUT2D eigenvalue weighted by Gasteiger charge is 2.34. The monoisotopic (exact) mass is 262 g/mol. The molecule has 0 aromatic rings. The molecule has 0 aliphatic heterocycles. The molecule has 1 aliphatic carbocycles. The highest BCUT2D eigenvalue weighted by molar-refractivity contribution is 5.87. The summed E-state index contributed by atoms with van der Waals surface area (Å²) in [7, 11) is 0. The highest BCUT2D eigenvalue weighted by Crippen LogP contribution is 2.44. The van der Waals surface area contributed by atoms with Crippen molar-refractivity contribution in [1.29, 1.82) is 0 Å². The minimum absolute atomic E-state index is 0.137. The van der Waals surface area contributed by atoms with E-state index in [1.165, 1.54) is 19.3 Å². The molecule has 0 N–H and O–H groups in total. The fraction of sp³-hybridized carbons (Fsp3) is 0.722. The maximum absolute atomic E-state index is 10.9. The Morgan fingerprint density at radius 2 is 2.11 bits per heavy atom. The third kappa shape index (κ3) is 5.34. The molecule has 0 amide bonds. The van der Waals surface area contributed by atoms with Crippen LogP contribution in [0.1, 0.15) is 60.3 Å². The number of hydrogen-bond donors (Lipinski definition) is 0. The van der Waals surface area contributed by atoms with Crippen LogP contribution in [0.25, 0.3) is 0 Å². The van der Waals surface area contributed by atoms with E-state index in [4.69, 9.17) is 0 Å². The second-order valence-corrected chi connectivity index (χ2v) is 6.99. The van der Waals surface area contributed by atoms with Gasteiger partial charge in [0.15, 0.2) is 5.78 Å². The first kappa shape index (κ1) is 16.2. The molecule has 1 nitrogen and oxygen atoms in total. The summed E-state index contributed by atoms with van der Waals surface area (Å²) in [4.78, 5) is 10.9. The van der Waals surface area contributed by atoms with E-state index in [-0.39, 0.29) is 5.78 Å². The summed E-state index contributed by atoms with van der Waals surface area (Å²) in [5, 5.41) is 0. The molecule has 1 aliphatic rings. The van der Waals surface area contributed by atoms with Crippen molar-refractivity contribution in [3.8, 4) is 0 Å². The van der Waals surface area contributed by atoms with E-state index >= 15 is 0 Å². The van der Waals surface area contributed by atoms with Crippen LogP contribution in [0.5, 0.6) is 0 Å². The first-order valence-electron chi connectivity index (χ1n) is 7.68. The van der Waals surface area contributed by atoms with E-state index in [0.717, 1.165) is 12.3 Å². The van der Waals surface area contributed by atoms with Crippen LogP contribution in [0.15, 0.2) is 24.3 Å². The lowest BCUT2D eigenvalue weighted by molar-refractivity contribution is -0.112. The van der Waals surface area contributed by atoms with Crippen LogP contribution >= 0.6 is 0 Å². The predicted molar refractivity (Wildman–Crippen MR) is 83.0 cm³/mol. The lowest BCUT2D eigenvalue weighted by Gasteiger charge is -2.41. The van der Waals surface area contributed by atoms with E-state index in [1.807, 2.05) is 6.08 Å². The Kier molecular flexibility index (Phi) is 6.03. The number of carbonyl (C=O) groups is 1. The molecule has 1 unspecified atom stereocenters. The van der Waals surface area contributed by atoms with Gasteiger partial charge in [0.25, 0.3) is 0 Å². The third-order valence-electron chi connectivity index (χ3n) is 4.50. The summed E-state index contributed by atoms with van der Waals surface area (Å²) < 4.78 is 0. The smallest absolute Gasteiger partial charge is 0.152 e. The van der Waals surface area contributed by atoms with Crippen molar-refractivity contribution in [3.05, 3.63) is 24.3 Å². The van der Waals surface area contributed by atoms with Crippen LogP contribution in [0.2, 0.25) is 0 Å². The molecule has 0 aromatic heterocycles. The molecule has 1 rings (SSSR count). The Balaban J connectivity index is 2.56. The molecule has 1 saturated carbocycles. The van der Waals surface area contributed by atoms with Crippen molar-refractivity contribution in [2.24, 2.45) is 23.2 Å². The standard InChI is InChI=1S/C18H30O/c1-14(8-6-10-16(3)19)11-12-17-15(2)9-7-13-18(17,4)5/h6,10-12,14-15,17H,7-9,13H2,1-5H3/b10-6+,12-11+/t14?,15-,17+/m1/s1. The average molecular weight is 262 g/mol. The highest BCUT2D eigenvalue weighted by atomic mass is 16.1. The first-order valence-corrected chi connectivity index (χ1v) is 7.68. The number of hydrogen-bond acceptors (Lipinski definition) is 1. The molecule has 19 heavy (non-hydrogen) atoms. The summed E-state index contributed by atoms with van der Waals surface area (Å²) in [5.74, 6) is 2.14. The van der Waals surface area contributed by atoms with Gasteiger partial charge >= 0.3 is 0 Å². The topological polar surface area (TPSA) is 17.1 Å². The molecule has 0 radical (unpaired) electrons. The largest absolute Gasteiger partial charge is 0.295 e. The number of allylic oxidation sites excluding steroid dienone is 4. The van der Waals surface area contributed by atoms with Gasteiger partial charge in [-0.2, -0.15) is 0 Å². The van der Waals surface area contributed by atoms with Gasteiger partial charge in [0, 0.05) is 0 Å². The van der Waals surface area contributed by atoms with Crippen molar-refractivity contribution in [3.63, 3.8) is 0 Å². The van der Waals surface area contributed by atoms with Gasteiger partial charge in [-0.05, 0) is 49.0 Å². The van der Waals surface area contributed by atoms with Gasteiger partial charge in [-0.25, -0.2) is 0 Å². The molecule has 1 heteroatoms. The first-order chi connectivity index (χ1) is 8.83. The number of rotatable bonds is 5. The molecule has 3 atom stereocenters. The Morgan fingerprint density at radius 1 is 1.42 bits per heavy atom. The molecule has 0 saturated heterocycles. The van der Waals surface area contributed by atoms with E-state index in [0.29, 0.717) is 17.3 Å². The minimum atomic E-state index is 0.137. The van der Waals surface area contributed by atoms with Crippen molar-refractivity contribution in [2.75, 3.05) is 0 Å². The maximum Gasteiger partial charge on any atom is 0.152 e. The fourth-order valence-electron chi connectivity index (χ4n) is 3.28. The van der Waals surface area contributed by atoms with Crippen molar-refractivity contribution in [2.45, 2.75) is 60.3 Å². The fourth-order valence-corrected chi connectivity index (χ4v) is 3.28. The van der Waals surface area contributed by atoms with Gasteiger partial charge in [-0.3, -0.25) is 4.79 Å². The van der Waals surface area contributed by atoms with E-state index < -0.39 is 0 Å². The zero-order valence-electron chi connectivity index (χ0n) is 13.3. The molecule has 0 aromatic carbocycles. The van der Waals surface area contributed by atoms with Crippen LogP contribution in [-0.4, -0.2) is 5.78 Å². The van der Waals surface area contributed by atoms with Gasteiger partial charge in [-0.15, -0.1) is 0 Å². The Bertz CT molecular complexity index is 349. The van der Waals surface area contributed by atoms with Gasteiger partial charge in [0.05, 0.1) is 0 Å². The zero-order valence-corrected chi connectivity index (χ0v) is 13.3. The van der Waals surface area contributed by atoms with E-state index in [2.05, 4.69) is 39.8 Å². The van der Waals surface area contributed by atoms with Crippen LogP contribution in [0.4, 0.5) is 0 Å². The molecule has 0 bridgehead atoms. The Labute approximate surface area is 119 Å². The summed E-state index contributed by atoms with van der Waals surface area (Å²) in [6.45, 7) is 11.0. The molecular weight excluding hydrogens is 232 g/mol. The second kappa shape index (κ2) is 7.07. The van der Waals surface area contributed by atoms with Gasteiger partial charge in [0.2, 0.25) is 0 Å². The minimum Gasteiger partial charge on any atom is -0.295 e. The summed E-state index contributed by atoms with van der Waals surface area (Å²) >= 11 is 0. The molecule has 1 fully saturated rings. The normalized spacial score (nSPS) is 28.9. The van der Waals surface area contributed by atoms with Crippen molar-refractivity contribution >= 4 is 5.78 Å². The molecule has 0 spiro atoms. The average Bonchev–Trinajstić information content (AvgIpc) is 2.26. The number of ketones is 1. The second-order valence-electron chi connectivity index (χ2n) is 6.99. The van der Waals surface area contributed by atoms with E-state index in [1.54, 1.807) is 13.0 Å². The van der Waals surface area contributed by atoms with E-state index in [9.17, 15) is 4.79 Å². The van der Waals surface area contributed by atoms with Crippen LogP contribution < -0.4 is 0 Å². The summed E-state index contributed by atoms with van der Waals surface area (Å²) in [5.41, 5.74) is 0.434. The lowest BCUT2D eigenvalue weighted by Crippen LogP contribution is -2.32. The molecular formula is C18H30O. The zero-order chi connectivity index (χ0) is 14.5. The van der Waals surface area contributed by atoms with Crippen molar-refractivity contribution in [1.82, 2.24) is 0 Å². The molecule has 0 heterocycles. The number of carbonyl (C=O) groups excluding carboxylic acids is 1. The summed E-state index contributed by atoms with van der Waals surface area (Å²) in [6.07, 6.45) is 13.5. The van der Waals surface area contributed by atoms with Gasteiger partial charge in [0.1, 0.15) is 0 Å². The molecule has 108 valence electrons. The third-order valence-corrected chi connectivity index (χ3v) is 4.50. The van der Waals surface area contributed by atoms with Gasteiger partial charge < -0.3 is 0 Å². The van der Waals surface area contributed by atoms with Crippen molar-refractivity contribution < 1.29 is 4.79 Å². The van der Waals surface area contributed by atoms with Crippen LogP contribution in [0, 0.1) is 23.2 Å². The summed E-state index contributed by atoms with van der Waals surface area (Å²) in [6, 6.07) is 0. The Hall–Kier alpha value is -0.850. The quantitative estimate of drug-likeness (QED) is 0.493. The Morgan fingerprint density at radius 3 is 2.68 bits per heavy atom. The predicted octanol–water partition coefficient (Wildman–Crippen LogP) is 5.18. The van der Waals surface area contributed by atoms with Gasteiger partial charge in [-0.1, -0.05) is 58.8 Å².